The summed E-state index contributed by atoms with van der Waals surface area (Å²) in [5.41, 5.74) is 3.50. The minimum Gasteiger partial charge on any atom is -0.483 e. The molecule has 1 amide bonds. The summed E-state index contributed by atoms with van der Waals surface area (Å²) in [6, 6.07) is 19.6. The predicted octanol–water partition coefficient (Wildman–Crippen LogP) is 5.26. The Labute approximate surface area is 301 Å². The van der Waals surface area contributed by atoms with Gasteiger partial charge in [0.05, 0.1) is 27.3 Å². The van der Waals surface area contributed by atoms with E-state index in [9.17, 15) is 18.3 Å². The fraction of sp³-hybridized carbons (Fsp3) is 0.474. The Morgan fingerprint density at radius 3 is 2.40 bits per heavy atom. The summed E-state index contributed by atoms with van der Waals surface area (Å²) in [7, 11) is -1.99. The summed E-state index contributed by atoms with van der Waals surface area (Å²) in [4.78, 5) is 22.7. The van der Waals surface area contributed by atoms with E-state index in [1.54, 1.807) is 18.2 Å². The number of benzene rings is 3. The minimum atomic E-state index is -4.01. The topological polar surface area (TPSA) is 115 Å². The molecular formula is C38H51N5O5S2. The van der Waals surface area contributed by atoms with Crippen LogP contribution in [0.5, 0.6) is 5.75 Å². The molecule has 3 aromatic carbocycles. The monoisotopic (exact) mass is 721 g/mol. The second-order valence-electron chi connectivity index (χ2n) is 13.8. The number of carbonyl (C=O) groups excluding carboxylic acids is 1. The van der Waals surface area contributed by atoms with Gasteiger partial charge in [-0.1, -0.05) is 73.7 Å². The normalized spacial score (nSPS) is 15.1. The highest BCUT2D eigenvalue weighted by Crippen LogP contribution is 2.31. The number of rotatable bonds is 17. The van der Waals surface area contributed by atoms with Gasteiger partial charge in [0.2, 0.25) is 10.0 Å². The number of thiazole rings is 1. The lowest BCUT2D eigenvalue weighted by molar-refractivity contribution is -0.124. The fourth-order valence-corrected chi connectivity index (χ4v) is 9.05. The van der Waals surface area contributed by atoms with Gasteiger partial charge in [-0.3, -0.25) is 4.79 Å². The zero-order chi connectivity index (χ0) is 35.8. The van der Waals surface area contributed by atoms with Crippen molar-refractivity contribution in [2.75, 3.05) is 57.8 Å². The van der Waals surface area contributed by atoms with Gasteiger partial charge >= 0.3 is 0 Å². The van der Waals surface area contributed by atoms with Crippen LogP contribution in [0.1, 0.15) is 43.4 Å². The number of likely N-dealkylation sites (tertiary alicyclic amines) is 1. The predicted molar refractivity (Wildman–Crippen MR) is 202 cm³/mol. The average Bonchev–Trinajstić information content (AvgIpc) is 3.77. The minimum absolute atomic E-state index is 0.00659. The Hall–Kier alpha value is -3.55. The third-order valence-electron chi connectivity index (χ3n) is 9.09. The van der Waals surface area contributed by atoms with Crippen LogP contribution in [-0.4, -0.2) is 98.7 Å². The Kier molecular flexibility index (Phi) is 12.9. The largest absolute Gasteiger partial charge is 0.483 e. The Morgan fingerprint density at radius 1 is 1.02 bits per heavy atom. The van der Waals surface area contributed by atoms with E-state index in [0.29, 0.717) is 12.2 Å². The quantitative estimate of drug-likeness (QED) is 0.152. The fourth-order valence-electron chi connectivity index (χ4n) is 6.34. The van der Waals surface area contributed by atoms with Crippen molar-refractivity contribution in [3.05, 3.63) is 83.4 Å². The third kappa shape index (κ3) is 9.82. The summed E-state index contributed by atoms with van der Waals surface area (Å²) in [6.07, 6.45) is 1.61. The number of nitrogens with zero attached hydrogens (tertiary/aromatic N) is 4. The van der Waals surface area contributed by atoms with Gasteiger partial charge in [-0.2, -0.15) is 4.31 Å². The van der Waals surface area contributed by atoms with Gasteiger partial charge in [0.15, 0.2) is 11.7 Å². The van der Waals surface area contributed by atoms with Gasteiger partial charge < -0.3 is 25.0 Å². The molecule has 1 aromatic heterocycles. The third-order valence-corrected chi connectivity index (χ3v) is 12.0. The smallest absolute Gasteiger partial charge is 0.258 e. The summed E-state index contributed by atoms with van der Waals surface area (Å²) in [5, 5.41) is 15.5. The van der Waals surface area contributed by atoms with Gasteiger partial charge in [-0.15, -0.1) is 0 Å². The lowest BCUT2D eigenvalue weighted by Gasteiger charge is -2.30. The highest BCUT2D eigenvalue weighted by Gasteiger charge is 2.32. The molecule has 0 bridgehead atoms. The molecule has 2 N–H and O–H groups in total. The SMILES string of the molecule is Cc1cccc(C)c1OCC(=O)N[C@@H](Cc1ccccc1)[C@H](O)CN(CC(C)C)S(=O)(=O)c1ccc2nc(N(C)CCN3CCCC3)sc2c1. The molecule has 2 atom stereocenters. The van der Waals surface area contributed by atoms with Crippen LogP contribution in [0.2, 0.25) is 0 Å². The summed E-state index contributed by atoms with van der Waals surface area (Å²) >= 11 is 1.48. The molecule has 1 saturated heterocycles. The number of fused-ring (bicyclic) bond motifs is 1. The van der Waals surface area contributed by atoms with Gasteiger partial charge in [-0.25, -0.2) is 13.4 Å². The van der Waals surface area contributed by atoms with Crippen molar-refractivity contribution in [2.45, 2.75) is 64.0 Å². The molecule has 1 aliphatic rings. The van der Waals surface area contributed by atoms with Crippen LogP contribution in [0.25, 0.3) is 10.2 Å². The summed E-state index contributed by atoms with van der Waals surface area (Å²) in [5.74, 6) is 0.242. The van der Waals surface area contributed by atoms with Crippen molar-refractivity contribution in [1.29, 1.82) is 0 Å². The number of amides is 1. The summed E-state index contributed by atoms with van der Waals surface area (Å²) in [6.45, 7) is 11.6. The maximum Gasteiger partial charge on any atom is 0.258 e. The Balaban J connectivity index is 1.32. The van der Waals surface area contributed by atoms with Crippen molar-refractivity contribution in [3.8, 4) is 5.75 Å². The lowest BCUT2D eigenvalue weighted by Crippen LogP contribution is -2.52. The molecule has 50 heavy (non-hydrogen) atoms. The van der Waals surface area contributed by atoms with Crippen molar-refractivity contribution in [3.63, 3.8) is 0 Å². The molecule has 10 nitrogen and oxygen atoms in total. The molecule has 1 fully saturated rings. The highest BCUT2D eigenvalue weighted by atomic mass is 32.2. The van der Waals surface area contributed by atoms with Crippen LogP contribution in [0.3, 0.4) is 0 Å². The van der Waals surface area contributed by atoms with E-state index in [1.165, 1.54) is 28.5 Å². The van der Waals surface area contributed by atoms with E-state index in [2.05, 4.69) is 15.1 Å². The van der Waals surface area contributed by atoms with Crippen LogP contribution < -0.4 is 15.0 Å². The molecule has 270 valence electrons. The number of hydrogen-bond acceptors (Lipinski definition) is 9. The number of carbonyl (C=O) groups is 1. The second kappa shape index (κ2) is 17.1. The molecule has 1 aliphatic heterocycles. The van der Waals surface area contributed by atoms with Crippen LogP contribution in [0.15, 0.2) is 71.6 Å². The molecule has 0 saturated carbocycles. The van der Waals surface area contributed by atoms with E-state index < -0.39 is 28.1 Å². The molecule has 0 aliphatic carbocycles. The first-order chi connectivity index (χ1) is 23.9. The number of hydrogen-bond donors (Lipinski definition) is 2. The molecule has 4 aromatic rings. The van der Waals surface area contributed by atoms with Gasteiger partial charge in [0.25, 0.3) is 5.91 Å². The molecule has 0 radical (unpaired) electrons. The van der Waals surface area contributed by atoms with E-state index in [1.807, 2.05) is 83.3 Å². The molecular weight excluding hydrogens is 671 g/mol. The van der Waals surface area contributed by atoms with Gasteiger partial charge in [0.1, 0.15) is 5.75 Å². The highest BCUT2D eigenvalue weighted by molar-refractivity contribution is 7.89. The van der Waals surface area contributed by atoms with E-state index in [4.69, 9.17) is 9.72 Å². The number of anilines is 1. The van der Waals surface area contributed by atoms with Crippen molar-refractivity contribution in [1.82, 2.24) is 19.5 Å². The number of aryl methyl sites for hydroxylation is 2. The number of aliphatic hydroxyl groups is 1. The molecule has 0 unspecified atom stereocenters. The second-order valence-corrected chi connectivity index (χ2v) is 16.7. The number of aliphatic hydroxyl groups excluding tert-OH is 1. The number of para-hydroxylation sites is 1. The maximum atomic E-state index is 14.2. The van der Waals surface area contributed by atoms with Crippen LogP contribution in [0, 0.1) is 19.8 Å². The first-order valence-corrected chi connectivity index (χ1v) is 19.7. The molecule has 0 spiro atoms. The number of nitrogens with one attached hydrogen (secondary N) is 1. The standard InChI is InChI=1S/C38H51N5O5S2/c1-27(2)24-43(50(46,47)31-16-17-32-35(23-31)49-38(40-32)41(5)20-21-42-18-9-10-19-42)25-34(44)33(22-30-14-7-6-8-15-30)39-36(45)26-48-37-28(3)12-11-13-29(37)4/h6-8,11-17,23,27,33-34,44H,9-10,18-22,24-26H2,1-5H3,(H,39,45)/t33-,34+/m0/s1. The lowest BCUT2D eigenvalue weighted by atomic mass is 10.0. The van der Waals surface area contributed by atoms with Crippen LogP contribution >= 0.6 is 11.3 Å². The van der Waals surface area contributed by atoms with Crippen molar-refractivity contribution >= 4 is 42.6 Å². The van der Waals surface area contributed by atoms with E-state index in [-0.39, 0.29) is 30.5 Å². The van der Waals surface area contributed by atoms with Crippen molar-refractivity contribution < 1.29 is 23.1 Å². The van der Waals surface area contributed by atoms with E-state index in [0.717, 1.165) is 58.2 Å². The van der Waals surface area contributed by atoms with E-state index >= 15 is 0 Å². The van der Waals surface area contributed by atoms with Crippen molar-refractivity contribution in [2.24, 2.45) is 5.92 Å². The number of sulfonamides is 1. The Morgan fingerprint density at radius 2 is 1.72 bits per heavy atom. The zero-order valence-corrected chi connectivity index (χ0v) is 31.5. The first kappa shape index (κ1) is 37.7. The van der Waals surface area contributed by atoms with Crippen LogP contribution in [0.4, 0.5) is 5.13 Å². The maximum absolute atomic E-state index is 14.2. The molecule has 12 heteroatoms. The number of ether oxygens (including phenoxy) is 1. The average molecular weight is 722 g/mol. The first-order valence-electron chi connectivity index (χ1n) is 17.5. The Bertz CT molecular complexity index is 1810. The van der Waals surface area contributed by atoms with Crippen LogP contribution in [-0.2, 0) is 21.2 Å². The number of likely N-dealkylation sites (N-methyl/N-ethyl adjacent to an activating group) is 1. The molecule has 2 heterocycles. The zero-order valence-electron chi connectivity index (χ0n) is 29.8. The number of aromatic nitrogens is 1. The summed E-state index contributed by atoms with van der Waals surface area (Å²) < 4.78 is 36.5. The molecule has 5 rings (SSSR count). The van der Waals surface area contributed by atoms with Gasteiger partial charge in [0, 0.05) is 33.2 Å². The van der Waals surface area contributed by atoms with Gasteiger partial charge in [-0.05, 0) is 87.0 Å².